The van der Waals surface area contributed by atoms with Crippen LogP contribution in [0.15, 0.2) is 12.1 Å². The van der Waals surface area contributed by atoms with Crippen molar-refractivity contribution in [3.8, 4) is 17.2 Å². The molecule has 0 aromatic heterocycles. The molecule has 0 radical (unpaired) electrons. The predicted molar refractivity (Wildman–Crippen MR) is 58.0 cm³/mol. The molecule has 16 heavy (non-hydrogen) atoms. The minimum atomic E-state index is -0.713. The van der Waals surface area contributed by atoms with Gasteiger partial charge in [-0.15, -0.1) is 0 Å². The van der Waals surface area contributed by atoms with Crippen molar-refractivity contribution in [2.24, 2.45) is 5.73 Å². The first kappa shape index (κ1) is 11.0. The average Bonchev–Trinajstić information content (AvgIpc) is 2.32. The summed E-state index contributed by atoms with van der Waals surface area (Å²) in [5.41, 5.74) is 6.59. The van der Waals surface area contributed by atoms with Crippen LogP contribution >= 0.6 is 0 Å². The highest BCUT2D eigenvalue weighted by Gasteiger charge is 2.30. The fraction of sp³-hybridized carbons (Fsp3) is 0.455. The quantitative estimate of drug-likeness (QED) is 0.764. The molecule has 0 saturated heterocycles. The summed E-state index contributed by atoms with van der Waals surface area (Å²) in [6.07, 6.45) is -0.713. The number of ether oxygens (including phenoxy) is 3. The molecule has 0 spiro atoms. The van der Waals surface area contributed by atoms with Gasteiger partial charge in [0.15, 0.2) is 0 Å². The summed E-state index contributed by atoms with van der Waals surface area (Å²) in [6.45, 7) is 0.185. The average molecular weight is 225 g/mol. The van der Waals surface area contributed by atoms with Gasteiger partial charge < -0.3 is 25.1 Å². The zero-order valence-electron chi connectivity index (χ0n) is 9.27. The fourth-order valence-electron chi connectivity index (χ4n) is 1.78. The molecule has 1 aliphatic rings. The molecular weight excluding hydrogens is 210 g/mol. The van der Waals surface area contributed by atoms with Gasteiger partial charge in [-0.05, 0) is 0 Å². The number of hydrogen-bond acceptors (Lipinski definition) is 5. The maximum Gasteiger partial charge on any atom is 0.131 e. The van der Waals surface area contributed by atoms with Gasteiger partial charge in [-0.25, -0.2) is 0 Å². The molecule has 88 valence electrons. The molecule has 3 N–H and O–H groups in total. The van der Waals surface area contributed by atoms with Crippen LogP contribution in [0.3, 0.4) is 0 Å². The Labute approximate surface area is 93.7 Å². The van der Waals surface area contributed by atoms with Crippen LogP contribution in [0.1, 0.15) is 11.6 Å². The number of fused-ring (bicyclic) bond motifs is 1. The summed E-state index contributed by atoms with van der Waals surface area (Å²) in [4.78, 5) is 0. The van der Waals surface area contributed by atoms with E-state index in [1.165, 1.54) is 0 Å². The monoisotopic (exact) mass is 225 g/mol. The maximum atomic E-state index is 9.63. The summed E-state index contributed by atoms with van der Waals surface area (Å²) < 4.78 is 15.7. The molecule has 2 atom stereocenters. The maximum absolute atomic E-state index is 9.63. The molecular formula is C11H15NO4. The first-order chi connectivity index (χ1) is 7.67. The van der Waals surface area contributed by atoms with Crippen LogP contribution in [-0.4, -0.2) is 32.0 Å². The Morgan fingerprint density at radius 3 is 2.75 bits per heavy atom. The van der Waals surface area contributed by atoms with Crippen LogP contribution in [0.4, 0.5) is 0 Å². The molecule has 1 heterocycles. The lowest BCUT2D eigenvalue weighted by Crippen LogP contribution is -2.36. The lowest BCUT2D eigenvalue weighted by Gasteiger charge is -2.29. The van der Waals surface area contributed by atoms with E-state index in [4.69, 9.17) is 19.9 Å². The number of nitrogens with two attached hydrogens (primary N) is 1. The first-order valence-corrected chi connectivity index (χ1v) is 4.99. The Kier molecular flexibility index (Phi) is 2.89. The predicted octanol–water partition coefficient (Wildman–Crippen LogP) is 0.457. The standard InChI is InChI=1S/C11H15NO4/c1-14-6-3-8(15-2)10-9(4-6)16-5-7(13)11(10)12/h3-4,7,11,13H,5,12H2,1-2H3/t7-,11-/m0/s1. The largest absolute Gasteiger partial charge is 0.496 e. The van der Waals surface area contributed by atoms with Crippen molar-refractivity contribution >= 4 is 0 Å². The zero-order chi connectivity index (χ0) is 11.7. The summed E-state index contributed by atoms with van der Waals surface area (Å²) in [7, 11) is 3.11. The number of methoxy groups -OCH3 is 2. The van der Waals surface area contributed by atoms with E-state index in [9.17, 15) is 5.11 Å². The van der Waals surface area contributed by atoms with Crippen molar-refractivity contribution < 1.29 is 19.3 Å². The molecule has 5 nitrogen and oxygen atoms in total. The molecule has 0 amide bonds. The third-order valence-corrected chi connectivity index (χ3v) is 2.69. The van der Waals surface area contributed by atoms with E-state index in [0.29, 0.717) is 22.8 Å². The lowest BCUT2D eigenvalue weighted by atomic mass is 9.98. The third kappa shape index (κ3) is 1.68. The minimum absolute atomic E-state index is 0.185. The SMILES string of the molecule is COc1cc(OC)c2c(c1)OC[C@H](O)[C@@H]2N. The topological polar surface area (TPSA) is 73.9 Å². The van der Waals surface area contributed by atoms with E-state index in [-0.39, 0.29) is 6.61 Å². The molecule has 5 heteroatoms. The summed E-state index contributed by atoms with van der Waals surface area (Å²) in [6, 6.07) is 2.97. The minimum Gasteiger partial charge on any atom is -0.496 e. The Morgan fingerprint density at radius 2 is 2.12 bits per heavy atom. The summed E-state index contributed by atoms with van der Waals surface area (Å²) >= 11 is 0. The van der Waals surface area contributed by atoms with Crippen molar-refractivity contribution in [2.45, 2.75) is 12.1 Å². The smallest absolute Gasteiger partial charge is 0.131 e. The van der Waals surface area contributed by atoms with Gasteiger partial charge in [0, 0.05) is 12.1 Å². The molecule has 1 aromatic rings. The van der Waals surface area contributed by atoms with Gasteiger partial charge in [0.25, 0.3) is 0 Å². The Bertz CT molecular complexity index is 377. The zero-order valence-corrected chi connectivity index (χ0v) is 9.27. The van der Waals surface area contributed by atoms with Crippen LogP contribution in [0.2, 0.25) is 0 Å². The van der Waals surface area contributed by atoms with Crippen molar-refractivity contribution in [2.75, 3.05) is 20.8 Å². The second-order valence-electron chi connectivity index (χ2n) is 3.65. The summed E-state index contributed by atoms with van der Waals surface area (Å²) in [5, 5.41) is 9.63. The summed E-state index contributed by atoms with van der Waals surface area (Å²) in [5.74, 6) is 1.81. The first-order valence-electron chi connectivity index (χ1n) is 4.99. The number of hydrogen-bond donors (Lipinski definition) is 2. The molecule has 0 bridgehead atoms. The number of aliphatic hydroxyl groups excluding tert-OH is 1. The highest BCUT2D eigenvalue weighted by molar-refractivity contribution is 5.53. The van der Waals surface area contributed by atoms with Crippen molar-refractivity contribution in [3.05, 3.63) is 17.7 Å². The molecule has 0 unspecified atom stereocenters. The Balaban J connectivity index is 2.52. The molecule has 0 aliphatic carbocycles. The van der Waals surface area contributed by atoms with Crippen molar-refractivity contribution in [3.63, 3.8) is 0 Å². The Hall–Kier alpha value is -1.46. The van der Waals surface area contributed by atoms with Crippen molar-refractivity contribution in [1.82, 2.24) is 0 Å². The number of aliphatic hydroxyl groups is 1. The normalized spacial score (nSPS) is 23.2. The van der Waals surface area contributed by atoms with Crippen LogP contribution in [0, 0.1) is 0 Å². The van der Waals surface area contributed by atoms with E-state index in [2.05, 4.69) is 0 Å². The molecule has 2 rings (SSSR count). The van der Waals surface area contributed by atoms with E-state index >= 15 is 0 Å². The van der Waals surface area contributed by atoms with Crippen LogP contribution in [-0.2, 0) is 0 Å². The van der Waals surface area contributed by atoms with Crippen LogP contribution < -0.4 is 19.9 Å². The van der Waals surface area contributed by atoms with Gasteiger partial charge in [0.1, 0.15) is 30.0 Å². The van der Waals surface area contributed by atoms with Gasteiger partial charge in [-0.3, -0.25) is 0 Å². The van der Waals surface area contributed by atoms with Crippen LogP contribution in [0.5, 0.6) is 17.2 Å². The van der Waals surface area contributed by atoms with Gasteiger partial charge in [-0.1, -0.05) is 0 Å². The molecule has 0 fully saturated rings. The van der Waals surface area contributed by atoms with Crippen molar-refractivity contribution in [1.29, 1.82) is 0 Å². The lowest BCUT2D eigenvalue weighted by molar-refractivity contribution is 0.0662. The Morgan fingerprint density at radius 1 is 1.38 bits per heavy atom. The third-order valence-electron chi connectivity index (χ3n) is 2.69. The van der Waals surface area contributed by atoms with Gasteiger partial charge >= 0.3 is 0 Å². The van der Waals surface area contributed by atoms with Crippen LogP contribution in [0.25, 0.3) is 0 Å². The highest BCUT2D eigenvalue weighted by atomic mass is 16.5. The number of rotatable bonds is 2. The molecule has 0 saturated carbocycles. The number of benzene rings is 1. The van der Waals surface area contributed by atoms with E-state index in [1.54, 1.807) is 26.4 Å². The van der Waals surface area contributed by atoms with Gasteiger partial charge in [-0.2, -0.15) is 0 Å². The van der Waals surface area contributed by atoms with Gasteiger partial charge in [0.2, 0.25) is 0 Å². The van der Waals surface area contributed by atoms with E-state index in [1.807, 2.05) is 0 Å². The van der Waals surface area contributed by atoms with E-state index < -0.39 is 12.1 Å². The second kappa shape index (κ2) is 4.19. The molecule has 1 aromatic carbocycles. The van der Waals surface area contributed by atoms with E-state index in [0.717, 1.165) is 0 Å². The second-order valence-corrected chi connectivity index (χ2v) is 3.65. The molecule has 1 aliphatic heterocycles. The highest BCUT2D eigenvalue weighted by Crippen LogP contribution is 2.41. The van der Waals surface area contributed by atoms with Gasteiger partial charge in [0.05, 0.1) is 25.8 Å². The fourth-order valence-corrected chi connectivity index (χ4v) is 1.78.